The Morgan fingerprint density at radius 3 is 2.57 bits per heavy atom. The number of hydrogen-bond acceptors (Lipinski definition) is 3. The molecular weight excluding hydrogens is 291 g/mol. The zero-order valence-corrected chi connectivity index (χ0v) is 13.0. The van der Waals surface area contributed by atoms with Crippen LogP contribution in [0.25, 0.3) is 0 Å². The van der Waals surface area contributed by atoms with E-state index in [4.69, 9.17) is 11.6 Å². The Labute approximate surface area is 130 Å². The number of likely N-dealkylation sites (N-methyl/N-ethyl adjacent to an activating group) is 1. The molecule has 2 N–H and O–H groups in total. The monoisotopic (exact) mass is 312 g/mol. The average molecular weight is 313 g/mol. The van der Waals surface area contributed by atoms with Crippen LogP contribution in [0.3, 0.4) is 0 Å². The zero-order chi connectivity index (χ0) is 15.0. The average Bonchev–Trinajstić information content (AvgIpc) is 2.63. The van der Waals surface area contributed by atoms with Gasteiger partial charge in [0.1, 0.15) is 5.82 Å². The number of halogens is 2. The lowest BCUT2D eigenvalue weighted by atomic mass is 9.85. The highest BCUT2D eigenvalue weighted by Gasteiger charge is 2.46. The molecule has 2 heterocycles. The van der Waals surface area contributed by atoms with Crippen LogP contribution in [0.5, 0.6) is 0 Å². The first-order valence-corrected chi connectivity index (χ1v) is 7.94. The van der Waals surface area contributed by atoms with Crippen molar-refractivity contribution in [1.82, 2.24) is 10.2 Å². The summed E-state index contributed by atoms with van der Waals surface area (Å²) in [7, 11) is 1.88. The number of rotatable bonds is 4. The molecule has 1 aromatic rings. The van der Waals surface area contributed by atoms with E-state index in [1.807, 2.05) is 13.1 Å². The predicted octanol–water partition coefficient (Wildman–Crippen LogP) is 2.56. The summed E-state index contributed by atoms with van der Waals surface area (Å²) in [6, 6.07) is 5.48. The minimum absolute atomic E-state index is 0.284. The highest BCUT2D eigenvalue weighted by molar-refractivity contribution is 6.30. The first-order valence-electron chi connectivity index (χ1n) is 7.57. The van der Waals surface area contributed by atoms with E-state index < -0.39 is 5.60 Å². The zero-order valence-electron chi connectivity index (χ0n) is 12.3. The molecule has 3 atom stereocenters. The predicted molar refractivity (Wildman–Crippen MR) is 81.9 cm³/mol. The molecule has 1 aromatic carbocycles. The first kappa shape index (κ1) is 15.2. The van der Waals surface area contributed by atoms with Gasteiger partial charge in [-0.3, -0.25) is 4.90 Å². The van der Waals surface area contributed by atoms with Gasteiger partial charge in [-0.25, -0.2) is 4.39 Å². The molecule has 1 unspecified atom stereocenters. The molecule has 0 radical (unpaired) electrons. The second-order valence-electron chi connectivity index (χ2n) is 6.50. The van der Waals surface area contributed by atoms with Crippen LogP contribution in [0.4, 0.5) is 4.39 Å². The van der Waals surface area contributed by atoms with Gasteiger partial charge >= 0.3 is 0 Å². The third kappa shape index (κ3) is 3.24. The fourth-order valence-electron chi connectivity index (χ4n) is 4.06. The van der Waals surface area contributed by atoms with Gasteiger partial charge in [-0.15, -0.1) is 0 Å². The van der Waals surface area contributed by atoms with Crippen LogP contribution in [-0.4, -0.2) is 41.3 Å². The van der Waals surface area contributed by atoms with Gasteiger partial charge in [-0.2, -0.15) is 0 Å². The Balaban J connectivity index is 1.73. The third-order valence-electron chi connectivity index (χ3n) is 4.80. The van der Waals surface area contributed by atoms with E-state index in [2.05, 4.69) is 10.2 Å². The molecule has 0 amide bonds. The maximum atomic E-state index is 13.5. The standard InChI is InChI=1S/C16H22ClFN2O/c1-19-10-16(21)7-14-2-3-15(8-16)20(14)9-11-4-12(17)6-13(18)5-11/h4-6,14-15,19,21H,2-3,7-10H2,1H3/t14-,15+,16?. The lowest BCUT2D eigenvalue weighted by molar-refractivity contribution is -0.0519. The minimum atomic E-state index is -0.601. The second kappa shape index (κ2) is 5.84. The summed E-state index contributed by atoms with van der Waals surface area (Å²) in [6.07, 6.45) is 3.79. The normalized spacial score (nSPS) is 32.6. The SMILES string of the molecule is CNCC1(O)C[C@H]2CC[C@@H](C1)N2Cc1cc(F)cc(Cl)c1. The van der Waals surface area contributed by atoms with E-state index in [0.717, 1.165) is 31.2 Å². The van der Waals surface area contributed by atoms with E-state index in [-0.39, 0.29) is 5.82 Å². The summed E-state index contributed by atoms with van der Waals surface area (Å²) >= 11 is 5.94. The van der Waals surface area contributed by atoms with Crippen molar-refractivity contribution < 1.29 is 9.50 Å². The molecule has 5 heteroatoms. The molecule has 0 aromatic heterocycles. The van der Waals surface area contributed by atoms with E-state index in [9.17, 15) is 9.50 Å². The van der Waals surface area contributed by atoms with Gasteiger partial charge in [-0.1, -0.05) is 11.6 Å². The van der Waals surface area contributed by atoms with Crippen molar-refractivity contribution in [3.05, 3.63) is 34.6 Å². The number of piperidine rings is 1. The summed E-state index contributed by atoms with van der Waals surface area (Å²) in [5.41, 5.74) is 0.312. The van der Waals surface area contributed by atoms with Gasteiger partial charge in [0.2, 0.25) is 0 Å². The van der Waals surface area contributed by atoms with Gasteiger partial charge in [0.05, 0.1) is 5.60 Å². The number of nitrogens with one attached hydrogen (secondary N) is 1. The Morgan fingerprint density at radius 1 is 1.33 bits per heavy atom. The molecular formula is C16H22ClFN2O. The maximum Gasteiger partial charge on any atom is 0.125 e. The molecule has 0 aliphatic carbocycles. The summed E-state index contributed by atoms with van der Waals surface area (Å²) in [6.45, 7) is 1.35. The Hall–Kier alpha value is -0.680. The number of benzene rings is 1. The van der Waals surface area contributed by atoms with Crippen molar-refractivity contribution in [3.8, 4) is 0 Å². The van der Waals surface area contributed by atoms with E-state index >= 15 is 0 Å². The van der Waals surface area contributed by atoms with Gasteiger partial charge < -0.3 is 10.4 Å². The molecule has 2 saturated heterocycles. The topological polar surface area (TPSA) is 35.5 Å². The number of fused-ring (bicyclic) bond motifs is 2. The molecule has 2 aliphatic heterocycles. The molecule has 21 heavy (non-hydrogen) atoms. The van der Waals surface area contributed by atoms with Gasteiger partial charge in [0.25, 0.3) is 0 Å². The second-order valence-corrected chi connectivity index (χ2v) is 6.93. The lowest BCUT2D eigenvalue weighted by Crippen LogP contribution is -2.54. The van der Waals surface area contributed by atoms with Crippen LogP contribution in [0.15, 0.2) is 18.2 Å². The van der Waals surface area contributed by atoms with E-state index in [1.165, 1.54) is 6.07 Å². The van der Waals surface area contributed by atoms with Crippen LogP contribution >= 0.6 is 11.6 Å². The molecule has 0 saturated carbocycles. The lowest BCUT2D eigenvalue weighted by Gasteiger charge is -2.44. The highest BCUT2D eigenvalue weighted by atomic mass is 35.5. The fraction of sp³-hybridized carbons (Fsp3) is 0.625. The Bertz CT molecular complexity index is 491. The van der Waals surface area contributed by atoms with Gasteiger partial charge in [-0.05, 0) is 56.5 Å². The quantitative estimate of drug-likeness (QED) is 0.897. The van der Waals surface area contributed by atoms with Crippen LogP contribution in [0.2, 0.25) is 5.02 Å². The van der Waals surface area contributed by atoms with Crippen molar-refractivity contribution in [3.63, 3.8) is 0 Å². The van der Waals surface area contributed by atoms with Crippen LogP contribution in [-0.2, 0) is 6.54 Å². The molecule has 2 fully saturated rings. The highest BCUT2D eigenvalue weighted by Crippen LogP contribution is 2.41. The largest absolute Gasteiger partial charge is 0.388 e. The Kier molecular flexibility index (Phi) is 4.23. The van der Waals surface area contributed by atoms with Gasteiger partial charge in [0, 0.05) is 30.2 Å². The van der Waals surface area contributed by atoms with Gasteiger partial charge in [0.15, 0.2) is 0 Å². The van der Waals surface area contributed by atoms with Crippen molar-refractivity contribution in [2.24, 2.45) is 0 Å². The summed E-state index contributed by atoms with van der Waals surface area (Å²) in [5.74, 6) is -0.284. The minimum Gasteiger partial charge on any atom is -0.388 e. The summed E-state index contributed by atoms with van der Waals surface area (Å²) in [4.78, 5) is 2.41. The van der Waals surface area contributed by atoms with Crippen LogP contribution in [0.1, 0.15) is 31.2 Å². The first-order chi connectivity index (χ1) is 9.99. The number of nitrogens with zero attached hydrogens (tertiary/aromatic N) is 1. The number of hydrogen-bond donors (Lipinski definition) is 2. The third-order valence-corrected chi connectivity index (χ3v) is 5.01. The van der Waals surface area contributed by atoms with Crippen molar-refractivity contribution in [2.75, 3.05) is 13.6 Å². The van der Waals surface area contributed by atoms with Crippen molar-refractivity contribution >= 4 is 11.6 Å². The summed E-state index contributed by atoms with van der Waals surface area (Å²) in [5, 5.41) is 14.2. The molecule has 2 aliphatic rings. The summed E-state index contributed by atoms with van der Waals surface area (Å²) < 4.78 is 13.5. The Morgan fingerprint density at radius 2 is 2.00 bits per heavy atom. The maximum absolute atomic E-state index is 13.5. The molecule has 2 bridgehead atoms. The van der Waals surface area contributed by atoms with Crippen molar-refractivity contribution in [1.29, 1.82) is 0 Å². The number of aliphatic hydroxyl groups is 1. The molecule has 3 nitrogen and oxygen atoms in total. The smallest absolute Gasteiger partial charge is 0.125 e. The van der Waals surface area contributed by atoms with Crippen LogP contribution in [0, 0.1) is 5.82 Å². The van der Waals surface area contributed by atoms with Crippen molar-refractivity contribution in [2.45, 2.75) is 49.9 Å². The molecule has 0 spiro atoms. The molecule has 3 rings (SSSR count). The van der Waals surface area contributed by atoms with Crippen LogP contribution < -0.4 is 5.32 Å². The van der Waals surface area contributed by atoms with E-state index in [0.29, 0.717) is 30.2 Å². The van der Waals surface area contributed by atoms with E-state index in [1.54, 1.807) is 6.07 Å². The fourth-order valence-corrected chi connectivity index (χ4v) is 4.30. The molecule has 116 valence electrons.